The lowest BCUT2D eigenvalue weighted by Crippen LogP contribution is -2.41. The van der Waals surface area contributed by atoms with Crippen LogP contribution in [0, 0.1) is 11.3 Å². The predicted molar refractivity (Wildman–Crippen MR) is 69.0 cm³/mol. The van der Waals surface area contributed by atoms with E-state index in [1.165, 1.54) is 4.31 Å². The van der Waals surface area contributed by atoms with E-state index in [1.807, 2.05) is 32.0 Å². The van der Waals surface area contributed by atoms with Crippen LogP contribution < -0.4 is 0 Å². The van der Waals surface area contributed by atoms with Gasteiger partial charge in [0.15, 0.2) is 5.25 Å². The van der Waals surface area contributed by atoms with Crippen molar-refractivity contribution >= 4 is 10.0 Å². The molecule has 0 fully saturated rings. The molecule has 0 saturated heterocycles. The van der Waals surface area contributed by atoms with Gasteiger partial charge in [-0.1, -0.05) is 13.8 Å². The van der Waals surface area contributed by atoms with Crippen LogP contribution in [0.5, 0.6) is 0 Å². The van der Waals surface area contributed by atoms with Crippen LogP contribution in [0.25, 0.3) is 0 Å². The summed E-state index contributed by atoms with van der Waals surface area (Å²) in [4.78, 5) is 1.94. The molecule has 1 unspecified atom stereocenters. The second-order valence-electron chi connectivity index (χ2n) is 4.27. The molecule has 0 aliphatic carbocycles. The Morgan fingerprint density at radius 3 is 2.12 bits per heavy atom. The van der Waals surface area contributed by atoms with Gasteiger partial charge in [-0.3, -0.25) is 0 Å². The van der Waals surface area contributed by atoms with Crippen LogP contribution in [-0.2, 0) is 10.0 Å². The highest BCUT2D eigenvalue weighted by molar-refractivity contribution is 7.90. The Balaban J connectivity index is 4.85. The number of rotatable bonds is 8. The number of sulfonamides is 1. The lowest BCUT2D eigenvalue weighted by atomic mass is 10.4. The fourth-order valence-corrected chi connectivity index (χ4v) is 3.16. The van der Waals surface area contributed by atoms with Crippen LogP contribution in [0.15, 0.2) is 0 Å². The van der Waals surface area contributed by atoms with E-state index in [-0.39, 0.29) is 0 Å². The third kappa shape index (κ3) is 5.02. The van der Waals surface area contributed by atoms with Gasteiger partial charge in [-0.2, -0.15) is 9.57 Å². The van der Waals surface area contributed by atoms with Gasteiger partial charge < -0.3 is 4.90 Å². The summed E-state index contributed by atoms with van der Waals surface area (Å²) in [6.45, 7) is 5.25. The van der Waals surface area contributed by atoms with Gasteiger partial charge >= 0.3 is 0 Å². The number of likely N-dealkylation sites (N-methyl/N-ethyl adjacent to an activating group) is 1. The Hall–Kier alpha value is -0.640. The Bertz CT molecular complexity index is 346. The maximum absolute atomic E-state index is 12.2. The van der Waals surface area contributed by atoms with Crippen molar-refractivity contribution in [1.82, 2.24) is 9.21 Å². The molecule has 0 heterocycles. The van der Waals surface area contributed by atoms with Crippen LogP contribution in [0.3, 0.4) is 0 Å². The molecular formula is C11H23N3O2S. The molecule has 0 bridgehead atoms. The second kappa shape index (κ2) is 7.64. The van der Waals surface area contributed by atoms with Crippen molar-refractivity contribution in [2.75, 3.05) is 33.7 Å². The highest BCUT2D eigenvalue weighted by Crippen LogP contribution is 2.12. The monoisotopic (exact) mass is 261 g/mol. The molecule has 0 N–H and O–H groups in total. The zero-order valence-electron chi connectivity index (χ0n) is 11.2. The first-order valence-electron chi connectivity index (χ1n) is 5.93. The summed E-state index contributed by atoms with van der Waals surface area (Å²) in [5.41, 5.74) is 0. The van der Waals surface area contributed by atoms with Crippen LogP contribution >= 0.6 is 0 Å². The van der Waals surface area contributed by atoms with Crippen molar-refractivity contribution in [1.29, 1.82) is 5.26 Å². The lowest BCUT2D eigenvalue weighted by Gasteiger charge is -2.25. The summed E-state index contributed by atoms with van der Waals surface area (Å²) in [5, 5.41) is 7.97. The first kappa shape index (κ1) is 16.4. The van der Waals surface area contributed by atoms with E-state index >= 15 is 0 Å². The number of nitrogens with zero attached hydrogens (tertiary/aromatic N) is 3. The quantitative estimate of drug-likeness (QED) is 0.651. The average molecular weight is 261 g/mol. The maximum atomic E-state index is 12.2. The minimum Gasteiger partial charge on any atom is -0.308 e. The zero-order valence-corrected chi connectivity index (χ0v) is 12.0. The molecule has 0 aromatic carbocycles. The normalized spacial score (nSPS) is 13.9. The van der Waals surface area contributed by atoms with Gasteiger partial charge in [0.25, 0.3) is 0 Å². The third-order valence-electron chi connectivity index (χ3n) is 2.50. The largest absolute Gasteiger partial charge is 0.308 e. The minimum absolute atomic E-state index is 0.334. The standard InChI is InChI=1S/C11H23N3O2S/c1-5-7-14(9-8-13(3)4)17(15,16)11(6-2)10-12/h11H,5-9H2,1-4H3. The molecule has 0 amide bonds. The molecule has 0 aromatic heterocycles. The van der Waals surface area contributed by atoms with Crippen molar-refractivity contribution in [3.63, 3.8) is 0 Å². The van der Waals surface area contributed by atoms with Crippen molar-refractivity contribution in [3.8, 4) is 6.07 Å². The smallest absolute Gasteiger partial charge is 0.230 e. The van der Waals surface area contributed by atoms with E-state index in [0.29, 0.717) is 26.1 Å². The first-order chi connectivity index (χ1) is 7.89. The van der Waals surface area contributed by atoms with Gasteiger partial charge in [0, 0.05) is 19.6 Å². The molecule has 100 valence electrons. The van der Waals surface area contributed by atoms with Gasteiger partial charge in [-0.05, 0) is 26.9 Å². The van der Waals surface area contributed by atoms with Crippen LogP contribution in [0.1, 0.15) is 26.7 Å². The van der Waals surface area contributed by atoms with E-state index in [4.69, 9.17) is 5.26 Å². The van der Waals surface area contributed by atoms with Crippen molar-refractivity contribution in [2.45, 2.75) is 31.9 Å². The van der Waals surface area contributed by atoms with Crippen LogP contribution in [0.2, 0.25) is 0 Å². The molecule has 0 aromatic rings. The topological polar surface area (TPSA) is 64.4 Å². The second-order valence-corrected chi connectivity index (χ2v) is 6.39. The molecule has 5 nitrogen and oxygen atoms in total. The molecule has 17 heavy (non-hydrogen) atoms. The first-order valence-corrected chi connectivity index (χ1v) is 7.43. The van der Waals surface area contributed by atoms with Gasteiger partial charge in [0.05, 0.1) is 6.07 Å². The summed E-state index contributed by atoms with van der Waals surface area (Å²) in [6, 6.07) is 1.88. The molecular weight excluding hydrogens is 238 g/mol. The van der Waals surface area contributed by atoms with E-state index in [9.17, 15) is 8.42 Å². The Morgan fingerprint density at radius 1 is 1.18 bits per heavy atom. The highest BCUT2D eigenvalue weighted by Gasteiger charge is 2.30. The molecule has 0 radical (unpaired) electrons. The summed E-state index contributed by atoms with van der Waals surface area (Å²) in [6.07, 6.45) is 1.09. The van der Waals surface area contributed by atoms with Gasteiger partial charge in [-0.25, -0.2) is 8.42 Å². The summed E-state index contributed by atoms with van der Waals surface area (Å²) in [7, 11) is 0.327. The summed E-state index contributed by atoms with van der Waals surface area (Å²) in [5.74, 6) is 0. The third-order valence-corrected chi connectivity index (χ3v) is 4.75. The molecule has 0 saturated carbocycles. The van der Waals surface area contributed by atoms with Crippen molar-refractivity contribution in [3.05, 3.63) is 0 Å². The molecule has 0 aliphatic rings. The zero-order chi connectivity index (χ0) is 13.5. The Kier molecular flexibility index (Phi) is 7.35. The molecule has 6 heteroatoms. The van der Waals surface area contributed by atoms with Gasteiger partial charge in [-0.15, -0.1) is 0 Å². The minimum atomic E-state index is -3.48. The van der Waals surface area contributed by atoms with E-state index < -0.39 is 15.3 Å². The van der Waals surface area contributed by atoms with E-state index in [1.54, 1.807) is 6.92 Å². The van der Waals surface area contributed by atoms with Crippen molar-refractivity contribution < 1.29 is 8.42 Å². The highest BCUT2D eigenvalue weighted by atomic mass is 32.2. The summed E-state index contributed by atoms with van der Waals surface area (Å²) < 4.78 is 25.8. The van der Waals surface area contributed by atoms with Crippen LogP contribution in [0.4, 0.5) is 0 Å². The predicted octanol–water partition coefficient (Wildman–Crippen LogP) is 0.892. The molecule has 0 rings (SSSR count). The van der Waals surface area contributed by atoms with E-state index in [0.717, 1.165) is 6.42 Å². The molecule has 0 aliphatic heterocycles. The van der Waals surface area contributed by atoms with Gasteiger partial charge in [0.1, 0.15) is 0 Å². The Morgan fingerprint density at radius 2 is 1.76 bits per heavy atom. The fraction of sp³-hybridized carbons (Fsp3) is 0.909. The fourth-order valence-electron chi connectivity index (χ4n) is 1.48. The van der Waals surface area contributed by atoms with Crippen LogP contribution in [-0.4, -0.2) is 56.6 Å². The average Bonchev–Trinajstić information content (AvgIpc) is 2.24. The lowest BCUT2D eigenvalue weighted by molar-refractivity contribution is 0.331. The number of nitriles is 1. The number of hydrogen-bond donors (Lipinski definition) is 0. The molecule has 0 spiro atoms. The number of hydrogen-bond acceptors (Lipinski definition) is 4. The van der Waals surface area contributed by atoms with E-state index in [2.05, 4.69) is 0 Å². The Labute approximate surface area is 105 Å². The summed E-state index contributed by atoms with van der Waals surface area (Å²) >= 11 is 0. The molecule has 1 atom stereocenters. The van der Waals surface area contributed by atoms with Crippen molar-refractivity contribution in [2.24, 2.45) is 0 Å². The SMILES string of the molecule is CCCN(CCN(C)C)S(=O)(=O)C(C#N)CC. The van der Waals surface area contributed by atoms with Gasteiger partial charge in [0.2, 0.25) is 10.0 Å². The maximum Gasteiger partial charge on any atom is 0.230 e.